The molecule has 6 rings (SSSR count). The second-order valence-corrected chi connectivity index (χ2v) is 11.1. The Bertz CT molecular complexity index is 1180. The summed E-state index contributed by atoms with van der Waals surface area (Å²) in [5.74, 6) is 0.988. The van der Waals surface area contributed by atoms with Crippen LogP contribution in [0.1, 0.15) is 59.5 Å². The Hall–Kier alpha value is -2.20. The molecule has 1 aromatic heterocycles. The van der Waals surface area contributed by atoms with Crippen molar-refractivity contribution in [2.75, 3.05) is 19.6 Å². The minimum Gasteiger partial charge on any atom is -0.315 e. The predicted octanol–water partition coefficient (Wildman–Crippen LogP) is 5.90. The summed E-state index contributed by atoms with van der Waals surface area (Å²) in [6, 6.07) is 24.7. The average molecular weight is 472 g/mol. The summed E-state index contributed by atoms with van der Waals surface area (Å²) in [7, 11) is 0. The fourth-order valence-corrected chi connectivity index (χ4v) is 7.59. The molecule has 4 heteroatoms. The Morgan fingerprint density at radius 2 is 1.91 bits per heavy atom. The lowest BCUT2D eigenvalue weighted by molar-refractivity contribution is 0.0974. The molecule has 0 amide bonds. The van der Waals surface area contributed by atoms with Crippen molar-refractivity contribution in [3.8, 4) is 0 Å². The quantitative estimate of drug-likeness (QED) is 0.467. The first-order valence-electron chi connectivity index (χ1n) is 12.8. The van der Waals surface area contributed by atoms with Gasteiger partial charge in [0.2, 0.25) is 0 Å². The molecule has 0 bridgehead atoms. The Balaban J connectivity index is 1.50. The molecule has 1 spiro atoms. The summed E-state index contributed by atoms with van der Waals surface area (Å²) in [5, 5.41) is 8.61. The molecule has 34 heavy (non-hydrogen) atoms. The number of hydrogen-bond donors (Lipinski definition) is 2. The van der Waals surface area contributed by atoms with Gasteiger partial charge in [0.25, 0.3) is 0 Å². The van der Waals surface area contributed by atoms with Crippen molar-refractivity contribution >= 4 is 11.6 Å². The lowest BCUT2D eigenvalue weighted by Crippen LogP contribution is -2.59. The van der Waals surface area contributed by atoms with Crippen LogP contribution in [0, 0.1) is 12.8 Å². The Morgan fingerprint density at radius 3 is 2.76 bits per heavy atom. The normalized spacial score (nSPS) is 30.9. The molecule has 2 unspecified atom stereocenters. The SMILES string of the molecule is Cc1cccc(C2([C@@H]3CNC[C@]34CCCc3nc(Cl)ccc34)CC(c3ccccc3)CCN2)c1. The van der Waals surface area contributed by atoms with E-state index in [4.69, 9.17) is 16.6 Å². The van der Waals surface area contributed by atoms with Gasteiger partial charge >= 0.3 is 0 Å². The van der Waals surface area contributed by atoms with E-state index in [9.17, 15) is 0 Å². The van der Waals surface area contributed by atoms with E-state index >= 15 is 0 Å². The molecule has 2 N–H and O–H groups in total. The third-order valence-corrected chi connectivity index (χ3v) is 9.08. The van der Waals surface area contributed by atoms with Crippen LogP contribution in [0.3, 0.4) is 0 Å². The number of benzene rings is 2. The van der Waals surface area contributed by atoms with Gasteiger partial charge in [0.15, 0.2) is 0 Å². The lowest BCUT2D eigenvalue weighted by Gasteiger charge is -2.53. The first-order valence-corrected chi connectivity index (χ1v) is 13.2. The zero-order chi connectivity index (χ0) is 23.2. The van der Waals surface area contributed by atoms with Crippen molar-refractivity contribution in [2.45, 2.75) is 55.9 Å². The predicted molar refractivity (Wildman–Crippen MR) is 139 cm³/mol. The molecule has 2 saturated heterocycles. The largest absolute Gasteiger partial charge is 0.315 e. The molecule has 3 aliphatic rings. The highest BCUT2D eigenvalue weighted by atomic mass is 35.5. The van der Waals surface area contributed by atoms with Crippen LogP contribution in [-0.4, -0.2) is 24.6 Å². The molecule has 176 valence electrons. The fourth-order valence-electron chi connectivity index (χ4n) is 7.43. The Labute approximate surface area is 208 Å². The summed E-state index contributed by atoms with van der Waals surface area (Å²) < 4.78 is 0. The molecule has 0 saturated carbocycles. The molecule has 2 aromatic carbocycles. The van der Waals surface area contributed by atoms with Gasteiger partial charge in [-0.15, -0.1) is 0 Å². The number of nitrogens with one attached hydrogen (secondary N) is 2. The van der Waals surface area contributed by atoms with Crippen LogP contribution in [-0.2, 0) is 17.4 Å². The van der Waals surface area contributed by atoms with E-state index < -0.39 is 0 Å². The molecular formula is C30H34ClN3. The minimum absolute atomic E-state index is 0.0699. The Kier molecular flexibility index (Phi) is 5.76. The number of aromatic nitrogens is 1. The van der Waals surface area contributed by atoms with Crippen LogP contribution in [0.4, 0.5) is 0 Å². The van der Waals surface area contributed by atoms with E-state index in [1.807, 2.05) is 6.07 Å². The molecule has 2 fully saturated rings. The van der Waals surface area contributed by atoms with Gasteiger partial charge in [0, 0.05) is 35.7 Å². The highest BCUT2D eigenvalue weighted by molar-refractivity contribution is 6.29. The van der Waals surface area contributed by atoms with Gasteiger partial charge in [-0.25, -0.2) is 4.98 Å². The third-order valence-electron chi connectivity index (χ3n) is 8.87. The van der Waals surface area contributed by atoms with Crippen LogP contribution in [0.2, 0.25) is 5.15 Å². The first-order chi connectivity index (χ1) is 16.6. The van der Waals surface area contributed by atoms with E-state index in [0.29, 0.717) is 17.0 Å². The number of nitrogens with zero attached hydrogens (tertiary/aromatic N) is 1. The van der Waals surface area contributed by atoms with E-state index in [0.717, 1.165) is 32.5 Å². The maximum Gasteiger partial charge on any atom is 0.129 e. The zero-order valence-corrected chi connectivity index (χ0v) is 20.7. The number of rotatable bonds is 3. The van der Waals surface area contributed by atoms with E-state index in [-0.39, 0.29) is 11.0 Å². The summed E-state index contributed by atoms with van der Waals surface area (Å²) >= 11 is 6.35. The van der Waals surface area contributed by atoms with Gasteiger partial charge in [0.1, 0.15) is 5.15 Å². The van der Waals surface area contributed by atoms with Crippen molar-refractivity contribution in [1.29, 1.82) is 0 Å². The van der Waals surface area contributed by atoms with Crippen molar-refractivity contribution in [3.05, 3.63) is 99.8 Å². The smallest absolute Gasteiger partial charge is 0.129 e. The fraction of sp³-hybridized carbons (Fsp3) is 0.433. The number of pyridine rings is 1. The van der Waals surface area contributed by atoms with Crippen molar-refractivity contribution in [1.82, 2.24) is 15.6 Å². The van der Waals surface area contributed by atoms with E-state index in [1.165, 1.54) is 47.2 Å². The van der Waals surface area contributed by atoms with Crippen molar-refractivity contribution in [3.63, 3.8) is 0 Å². The van der Waals surface area contributed by atoms with Gasteiger partial charge in [-0.2, -0.15) is 0 Å². The lowest BCUT2D eigenvalue weighted by atomic mass is 9.55. The minimum atomic E-state index is -0.0947. The number of halogens is 1. The second kappa shape index (κ2) is 8.78. The standard InChI is InChI=1S/C30H34ClN3/c1-21-7-5-10-24(17-21)30(18-23(14-16-33-30)22-8-3-2-4-9-22)27-19-32-20-29(27)15-6-11-26-25(29)12-13-28(31)34-26/h2-5,7-10,12-13,17,23,27,32-33H,6,11,14-16,18-20H2,1H3/t23?,27-,29+,30?/m1/s1. The number of aryl methyl sites for hydroxylation is 2. The number of hydrogen-bond acceptors (Lipinski definition) is 3. The van der Waals surface area contributed by atoms with Gasteiger partial charge < -0.3 is 10.6 Å². The van der Waals surface area contributed by atoms with Crippen LogP contribution in [0.15, 0.2) is 66.7 Å². The Morgan fingerprint density at radius 1 is 1.03 bits per heavy atom. The molecular weight excluding hydrogens is 438 g/mol. The van der Waals surface area contributed by atoms with Gasteiger partial charge in [-0.05, 0) is 74.2 Å². The summed E-state index contributed by atoms with van der Waals surface area (Å²) in [4.78, 5) is 4.80. The first kappa shape index (κ1) is 22.3. The van der Waals surface area contributed by atoms with E-state index in [2.05, 4.69) is 78.2 Å². The van der Waals surface area contributed by atoms with Crippen molar-refractivity contribution in [2.24, 2.45) is 5.92 Å². The molecule has 1 aliphatic carbocycles. The summed E-state index contributed by atoms with van der Waals surface area (Å²) in [6.45, 7) is 5.29. The van der Waals surface area contributed by atoms with Gasteiger partial charge in [0.05, 0.1) is 0 Å². The molecule has 4 atom stereocenters. The van der Waals surface area contributed by atoms with Gasteiger partial charge in [-0.1, -0.05) is 77.8 Å². The third kappa shape index (κ3) is 3.61. The topological polar surface area (TPSA) is 37.0 Å². The molecule has 3 aromatic rings. The highest BCUT2D eigenvalue weighted by Crippen LogP contribution is 2.55. The van der Waals surface area contributed by atoms with Crippen LogP contribution in [0.5, 0.6) is 0 Å². The van der Waals surface area contributed by atoms with Gasteiger partial charge in [-0.3, -0.25) is 0 Å². The molecule has 3 nitrogen and oxygen atoms in total. The average Bonchev–Trinajstić information content (AvgIpc) is 3.29. The van der Waals surface area contributed by atoms with Crippen LogP contribution < -0.4 is 10.6 Å². The molecule has 3 heterocycles. The number of piperidine rings is 1. The van der Waals surface area contributed by atoms with E-state index in [1.54, 1.807) is 0 Å². The molecule has 0 radical (unpaired) electrons. The number of fused-ring (bicyclic) bond motifs is 2. The highest BCUT2D eigenvalue weighted by Gasteiger charge is 2.57. The second-order valence-electron chi connectivity index (χ2n) is 10.7. The zero-order valence-electron chi connectivity index (χ0n) is 20.0. The molecule has 2 aliphatic heterocycles. The maximum absolute atomic E-state index is 6.35. The van der Waals surface area contributed by atoms with Crippen molar-refractivity contribution < 1.29 is 0 Å². The summed E-state index contributed by atoms with van der Waals surface area (Å²) in [6.07, 6.45) is 5.70. The van der Waals surface area contributed by atoms with Crippen LogP contribution >= 0.6 is 11.6 Å². The van der Waals surface area contributed by atoms with Crippen LogP contribution in [0.25, 0.3) is 0 Å². The maximum atomic E-state index is 6.35. The summed E-state index contributed by atoms with van der Waals surface area (Å²) in [5.41, 5.74) is 6.85. The monoisotopic (exact) mass is 471 g/mol.